The van der Waals surface area contributed by atoms with Crippen molar-refractivity contribution in [2.24, 2.45) is 5.11 Å². The van der Waals surface area contributed by atoms with Gasteiger partial charge in [-0.15, -0.1) is 0 Å². The molecule has 10 atom stereocenters. The molecule has 0 saturated carbocycles. The highest BCUT2D eigenvalue weighted by atomic mass is 16.8. The zero-order valence-corrected chi connectivity index (χ0v) is 26.0. The number of hydrogen-bond acceptors (Lipinski definition) is 18. The van der Waals surface area contributed by atoms with Crippen molar-refractivity contribution < 1.29 is 80.9 Å². The lowest BCUT2D eigenvalue weighted by atomic mass is 9.95. The fraction of sp³-hybridized carbons (Fsp3) is 0.731. The lowest BCUT2D eigenvalue weighted by Gasteiger charge is -2.48. The van der Waals surface area contributed by atoms with Crippen LogP contribution in [-0.4, -0.2) is 116 Å². The van der Waals surface area contributed by atoms with E-state index in [0.29, 0.717) is 0 Å². The van der Waals surface area contributed by atoms with Crippen molar-refractivity contribution >= 4 is 41.8 Å². The van der Waals surface area contributed by atoms with Gasteiger partial charge in [0.05, 0.1) is 0 Å². The number of azide groups is 1. The SMILES string of the molecule is CC(=O)OC[C@@H]1O[C@H](N=[N+]=[N-])[C@@H](OC(C)=O)[C@H](OC(C)=O)[C@H]1O[C@@H]1O[C@H](COC(C)=O)[C@H](OC(C)=O)[C@H](OC(C)=O)[C@H]1OC(C)=O. The second kappa shape index (κ2) is 17.2. The summed E-state index contributed by atoms with van der Waals surface area (Å²) in [7, 11) is 0. The van der Waals surface area contributed by atoms with Crippen LogP contribution in [0.3, 0.4) is 0 Å². The Hall–Kier alpha value is -4.52. The molecule has 46 heavy (non-hydrogen) atoms. The molecular formula is C26H35N3O17. The van der Waals surface area contributed by atoms with E-state index in [4.69, 9.17) is 52.9 Å². The van der Waals surface area contributed by atoms with Crippen LogP contribution >= 0.6 is 0 Å². The molecule has 0 aromatic heterocycles. The molecule has 2 aliphatic heterocycles. The van der Waals surface area contributed by atoms with Gasteiger partial charge in [-0.3, -0.25) is 33.6 Å². The summed E-state index contributed by atoms with van der Waals surface area (Å²) in [6.07, 6.45) is -16.1. The zero-order chi connectivity index (χ0) is 34.7. The Labute approximate surface area is 261 Å². The van der Waals surface area contributed by atoms with Gasteiger partial charge < -0.3 is 47.4 Å². The molecule has 20 heteroatoms. The topological polar surface area (TPSA) is 261 Å². The summed E-state index contributed by atoms with van der Waals surface area (Å²) in [5.74, 6) is -6.10. The van der Waals surface area contributed by atoms with E-state index in [1.54, 1.807) is 0 Å². The average Bonchev–Trinajstić information content (AvgIpc) is 2.91. The van der Waals surface area contributed by atoms with Gasteiger partial charge in [-0.2, -0.15) is 0 Å². The number of esters is 7. The van der Waals surface area contributed by atoms with Gasteiger partial charge in [0.1, 0.15) is 31.5 Å². The molecule has 0 radical (unpaired) electrons. The fourth-order valence-corrected chi connectivity index (χ4v) is 4.63. The van der Waals surface area contributed by atoms with Crippen molar-refractivity contribution in [2.75, 3.05) is 13.2 Å². The van der Waals surface area contributed by atoms with E-state index >= 15 is 0 Å². The number of ether oxygens (including phenoxy) is 10. The Kier molecular flexibility index (Phi) is 14.1. The number of carbonyl (C=O) groups excluding carboxylic acids is 7. The lowest BCUT2D eigenvalue weighted by Crippen LogP contribution is -2.67. The van der Waals surface area contributed by atoms with Gasteiger partial charge >= 0.3 is 41.8 Å². The van der Waals surface area contributed by atoms with Gasteiger partial charge in [-0.05, 0) is 5.53 Å². The maximum absolute atomic E-state index is 12.2. The van der Waals surface area contributed by atoms with Crippen molar-refractivity contribution in [3.05, 3.63) is 10.4 Å². The predicted molar refractivity (Wildman–Crippen MR) is 142 cm³/mol. The lowest BCUT2D eigenvalue weighted by molar-refractivity contribution is -0.344. The van der Waals surface area contributed by atoms with Gasteiger partial charge in [0.2, 0.25) is 0 Å². The minimum absolute atomic E-state index is 0.585. The first kappa shape index (κ1) is 37.7. The molecular weight excluding hydrogens is 626 g/mol. The highest BCUT2D eigenvalue weighted by Crippen LogP contribution is 2.35. The van der Waals surface area contributed by atoms with Crippen LogP contribution in [0.1, 0.15) is 48.5 Å². The van der Waals surface area contributed by atoms with Gasteiger partial charge in [0, 0.05) is 53.4 Å². The molecule has 2 aliphatic rings. The van der Waals surface area contributed by atoms with Gasteiger partial charge in [-0.1, -0.05) is 5.11 Å². The monoisotopic (exact) mass is 661 g/mol. The van der Waals surface area contributed by atoms with Crippen LogP contribution in [0, 0.1) is 0 Å². The molecule has 0 unspecified atom stereocenters. The predicted octanol–water partition coefficient (Wildman–Crippen LogP) is -0.0836. The first-order valence-corrected chi connectivity index (χ1v) is 13.7. The molecule has 0 bridgehead atoms. The summed E-state index contributed by atoms with van der Waals surface area (Å²) in [5.41, 5.74) is 9.13. The number of nitrogens with zero attached hydrogens (tertiary/aromatic N) is 3. The van der Waals surface area contributed by atoms with E-state index in [-0.39, 0.29) is 0 Å². The van der Waals surface area contributed by atoms with Crippen LogP contribution in [0.15, 0.2) is 5.11 Å². The highest BCUT2D eigenvalue weighted by Gasteiger charge is 2.57. The van der Waals surface area contributed by atoms with Crippen LogP contribution < -0.4 is 0 Å². The largest absolute Gasteiger partial charge is 0.463 e. The van der Waals surface area contributed by atoms with Gasteiger partial charge in [0.15, 0.2) is 43.0 Å². The molecule has 20 nitrogen and oxygen atoms in total. The first-order chi connectivity index (χ1) is 21.5. The van der Waals surface area contributed by atoms with E-state index in [0.717, 1.165) is 48.5 Å². The number of hydrogen-bond donors (Lipinski definition) is 0. The molecule has 2 rings (SSSR count). The molecule has 0 aliphatic carbocycles. The molecule has 0 N–H and O–H groups in total. The average molecular weight is 662 g/mol. The summed E-state index contributed by atoms with van der Waals surface area (Å²) < 4.78 is 54.8. The zero-order valence-electron chi connectivity index (χ0n) is 26.0. The van der Waals surface area contributed by atoms with E-state index in [1.807, 2.05) is 0 Å². The molecule has 0 aromatic carbocycles. The quantitative estimate of drug-likeness (QED) is 0.0870. The minimum Gasteiger partial charge on any atom is -0.463 e. The number of carbonyl (C=O) groups is 7. The third kappa shape index (κ3) is 11.1. The second-order valence-corrected chi connectivity index (χ2v) is 9.89. The minimum atomic E-state index is -1.82. The maximum Gasteiger partial charge on any atom is 0.303 e. The molecule has 2 heterocycles. The maximum atomic E-state index is 12.2. The Morgan fingerprint density at radius 1 is 0.543 bits per heavy atom. The standard InChI is InChI=1S/C26H35N3O17/c1-10(30)37-8-17-20(21(40-13(4)33)23(42-15(6)35)25(44-17)28-29-27)46-26-24(43-16(7)36)22(41-14(5)34)19(39-12(3)32)18(45-26)9-38-11(2)31/h17-26H,8-9H2,1-7H3/t17-,18+,19-,20-,21+,22-,23-,24+,25-,26-/m0/s1. The van der Waals surface area contributed by atoms with Crippen LogP contribution in [-0.2, 0) is 80.9 Å². The summed E-state index contributed by atoms with van der Waals surface area (Å²) in [6.45, 7) is 6.05. The van der Waals surface area contributed by atoms with Crippen LogP contribution in [0.4, 0.5) is 0 Å². The van der Waals surface area contributed by atoms with Crippen molar-refractivity contribution in [3.8, 4) is 0 Å². The van der Waals surface area contributed by atoms with E-state index < -0.39 is 116 Å². The van der Waals surface area contributed by atoms with E-state index in [9.17, 15) is 33.6 Å². The van der Waals surface area contributed by atoms with Crippen LogP contribution in [0.25, 0.3) is 10.4 Å². The summed E-state index contributed by atoms with van der Waals surface area (Å²) in [5, 5.41) is 3.46. The third-order valence-corrected chi connectivity index (χ3v) is 6.07. The Bertz CT molecular complexity index is 1220. The smallest absolute Gasteiger partial charge is 0.303 e. The Morgan fingerprint density at radius 3 is 1.37 bits per heavy atom. The molecule has 0 aromatic rings. The third-order valence-electron chi connectivity index (χ3n) is 6.07. The van der Waals surface area contributed by atoms with Crippen molar-refractivity contribution in [1.82, 2.24) is 0 Å². The number of rotatable bonds is 12. The van der Waals surface area contributed by atoms with Crippen molar-refractivity contribution in [3.63, 3.8) is 0 Å². The molecule has 2 fully saturated rings. The van der Waals surface area contributed by atoms with E-state index in [1.165, 1.54) is 0 Å². The molecule has 0 amide bonds. The molecule has 256 valence electrons. The summed E-state index contributed by atoms with van der Waals surface area (Å²) >= 11 is 0. The van der Waals surface area contributed by atoms with Gasteiger partial charge in [-0.25, -0.2) is 0 Å². The van der Waals surface area contributed by atoms with Crippen molar-refractivity contribution in [1.29, 1.82) is 0 Å². The fourth-order valence-electron chi connectivity index (χ4n) is 4.63. The summed E-state index contributed by atoms with van der Waals surface area (Å²) in [6, 6.07) is 0. The normalized spacial score (nSPS) is 30.3. The Balaban J connectivity index is 2.73. The Morgan fingerprint density at radius 2 is 0.935 bits per heavy atom. The first-order valence-electron chi connectivity index (χ1n) is 13.7. The van der Waals surface area contributed by atoms with E-state index in [2.05, 4.69) is 10.0 Å². The molecule has 0 spiro atoms. The van der Waals surface area contributed by atoms with Gasteiger partial charge in [0.25, 0.3) is 0 Å². The van der Waals surface area contributed by atoms with Crippen LogP contribution in [0.2, 0.25) is 0 Å². The van der Waals surface area contributed by atoms with Crippen molar-refractivity contribution in [2.45, 2.75) is 110 Å². The van der Waals surface area contributed by atoms with Crippen LogP contribution in [0.5, 0.6) is 0 Å². The molecule has 2 saturated heterocycles. The highest BCUT2D eigenvalue weighted by molar-refractivity contribution is 5.69. The second-order valence-electron chi connectivity index (χ2n) is 9.89. The summed E-state index contributed by atoms with van der Waals surface area (Å²) in [4.78, 5) is 86.7.